The average molecular weight is 317 g/mol. The van der Waals surface area contributed by atoms with E-state index in [2.05, 4.69) is 9.97 Å². The third-order valence-corrected chi connectivity index (χ3v) is 4.10. The number of hydrogen-bond acceptors (Lipinski definition) is 4. The summed E-state index contributed by atoms with van der Waals surface area (Å²) in [7, 11) is 0. The molecule has 0 aliphatic heterocycles. The Hall–Kier alpha value is -2.41. The van der Waals surface area contributed by atoms with Gasteiger partial charge in [0, 0.05) is 11.9 Å². The Balaban J connectivity index is 1.92. The van der Waals surface area contributed by atoms with Gasteiger partial charge in [-0.15, -0.1) is 0 Å². The fourth-order valence-electron chi connectivity index (χ4n) is 2.08. The molecule has 0 saturated heterocycles. The van der Waals surface area contributed by atoms with Gasteiger partial charge in [-0.1, -0.05) is 30.0 Å². The first kappa shape index (κ1) is 14.5. The summed E-state index contributed by atoms with van der Waals surface area (Å²) in [5.41, 5.74) is 1.69. The largest absolute Gasteiger partial charge is 0.480 e. The summed E-state index contributed by atoms with van der Waals surface area (Å²) in [5, 5.41) is 9.57. The van der Waals surface area contributed by atoms with Crippen LogP contribution in [0.3, 0.4) is 0 Å². The second kappa shape index (κ2) is 6.15. The lowest BCUT2D eigenvalue weighted by Crippen LogP contribution is -2.10. The van der Waals surface area contributed by atoms with Crippen molar-refractivity contribution in [3.63, 3.8) is 0 Å². The number of thioether (sulfide) groups is 1. The number of carbonyl (C=O) groups is 1. The summed E-state index contributed by atoms with van der Waals surface area (Å²) >= 11 is 1.29. The highest BCUT2D eigenvalue weighted by atomic mass is 32.2. The number of halogens is 1. The van der Waals surface area contributed by atoms with Gasteiger partial charge in [0.2, 0.25) is 0 Å². The number of imidazole rings is 1. The highest BCUT2D eigenvalue weighted by molar-refractivity contribution is 7.98. The van der Waals surface area contributed by atoms with Crippen molar-refractivity contribution in [1.82, 2.24) is 14.5 Å². The lowest BCUT2D eigenvalue weighted by atomic mass is 10.2. The monoisotopic (exact) mass is 317 g/mol. The Morgan fingerprint density at radius 3 is 2.86 bits per heavy atom. The molecule has 0 unspecified atom stereocenters. The Labute approximate surface area is 129 Å². The molecule has 0 fully saturated rings. The number of nitrogens with zero attached hydrogens (tertiary/aromatic N) is 3. The fourth-order valence-corrected chi connectivity index (χ4v) is 3.07. The molecule has 1 aromatic carbocycles. The number of benzene rings is 1. The minimum Gasteiger partial charge on any atom is -0.480 e. The maximum absolute atomic E-state index is 13.7. The van der Waals surface area contributed by atoms with Crippen LogP contribution in [0.4, 0.5) is 4.39 Å². The van der Waals surface area contributed by atoms with Crippen LogP contribution in [-0.4, -0.2) is 25.6 Å². The molecule has 3 rings (SSSR count). The van der Waals surface area contributed by atoms with Gasteiger partial charge in [0.15, 0.2) is 10.8 Å². The molecule has 22 heavy (non-hydrogen) atoms. The van der Waals surface area contributed by atoms with Crippen LogP contribution in [0.25, 0.3) is 11.2 Å². The minimum atomic E-state index is -0.974. The SMILES string of the molecule is O=C(O)Cn1c(SCc2ccccc2F)nc2cccnc21. The van der Waals surface area contributed by atoms with Gasteiger partial charge < -0.3 is 5.11 Å². The van der Waals surface area contributed by atoms with E-state index in [9.17, 15) is 9.18 Å². The molecule has 0 aliphatic rings. The molecule has 3 aromatic rings. The number of carboxylic acids is 1. The third-order valence-electron chi connectivity index (χ3n) is 3.08. The highest BCUT2D eigenvalue weighted by Gasteiger charge is 2.15. The lowest BCUT2D eigenvalue weighted by Gasteiger charge is -2.06. The fraction of sp³-hybridized carbons (Fsp3) is 0.133. The van der Waals surface area contributed by atoms with E-state index in [0.717, 1.165) is 0 Å². The van der Waals surface area contributed by atoms with Crippen molar-refractivity contribution in [2.45, 2.75) is 17.5 Å². The van der Waals surface area contributed by atoms with Crippen LogP contribution in [0.2, 0.25) is 0 Å². The second-order valence-electron chi connectivity index (χ2n) is 4.60. The first-order valence-corrected chi connectivity index (χ1v) is 7.53. The Morgan fingerprint density at radius 1 is 1.27 bits per heavy atom. The number of hydrogen-bond donors (Lipinski definition) is 1. The van der Waals surface area contributed by atoms with Crippen LogP contribution in [0.1, 0.15) is 5.56 Å². The van der Waals surface area contributed by atoms with E-state index in [1.807, 2.05) is 0 Å². The van der Waals surface area contributed by atoms with E-state index in [-0.39, 0.29) is 12.4 Å². The smallest absolute Gasteiger partial charge is 0.323 e. The zero-order valence-corrected chi connectivity index (χ0v) is 12.3. The van der Waals surface area contributed by atoms with Gasteiger partial charge in [0.05, 0.1) is 0 Å². The third kappa shape index (κ3) is 2.94. The average Bonchev–Trinajstić information content (AvgIpc) is 2.84. The zero-order chi connectivity index (χ0) is 15.5. The maximum atomic E-state index is 13.7. The molecule has 0 amide bonds. The van der Waals surface area contributed by atoms with Gasteiger partial charge in [-0.25, -0.2) is 14.4 Å². The lowest BCUT2D eigenvalue weighted by molar-refractivity contribution is -0.137. The van der Waals surface area contributed by atoms with Crippen molar-refractivity contribution >= 4 is 28.9 Å². The van der Waals surface area contributed by atoms with Gasteiger partial charge in [-0.05, 0) is 23.8 Å². The molecule has 0 bridgehead atoms. The predicted molar refractivity (Wildman–Crippen MR) is 81.1 cm³/mol. The topological polar surface area (TPSA) is 68.0 Å². The zero-order valence-electron chi connectivity index (χ0n) is 11.4. The Bertz CT molecular complexity index is 835. The van der Waals surface area contributed by atoms with Gasteiger partial charge in [-0.3, -0.25) is 9.36 Å². The van der Waals surface area contributed by atoms with Gasteiger partial charge >= 0.3 is 5.97 Å². The molecule has 1 N–H and O–H groups in total. The summed E-state index contributed by atoms with van der Waals surface area (Å²) in [6.07, 6.45) is 1.59. The number of fused-ring (bicyclic) bond motifs is 1. The van der Waals surface area contributed by atoms with Crippen molar-refractivity contribution in [1.29, 1.82) is 0 Å². The number of rotatable bonds is 5. The van der Waals surface area contributed by atoms with Crippen molar-refractivity contribution in [3.8, 4) is 0 Å². The molecule has 0 atom stereocenters. The number of pyridine rings is 1. The summed E-state index contributed by atoms with van der Waals surface area (Å²) in [6.45, 7) is -0.229. The number of carboxylic acid groups (broad SMARTS) is 1. The quantitative estimate of drug-likeness (QED) is 0.733. The van der Waals surface area contributed by atoms with E-state index in [1.54, 1.807) is 36.5 Å². The maximum Gasteiger partial charge on any atom is 0.323 e. The first-order chi connectivity index (χ1) is 10.6. The molecular formula is C15H12FN3O2S. The molecule has 112 valence electrons. The standard InChI is InChI=1S/C15H12FN3O2S/c16-11-5-2-1-4-10(11)9-22-15-18-12-6-3-7-17-14(12)19(15)8-13(20)21/h1-7H,8-9H2,(H,20,21). The molecule has 0 spiro atoms. The minimum absolute atomic E-state index is 0.229. The molecule has 0 saturated carbocycles. The molecule has 5 nitrogen and oxygen atoms in total. The van der Waals surface area contributed by atoms with Gasteiger partial charge in [0.1, 0.15) is 17.9 Å². The summed E-state index contributed by atoms with van der Waals surface area (Å²) in [4.78, 5) is 19.6. The van der Waals surface area contributed by atoms with Gasteiger partial charge in [0.25, 0.3) is 0 Å². The van der Waals surface area contributed by atoms with Crippen LogP contribution < -0.4 is 0 Å². The van der Waals surface area contributed by atoms with Crippen LogP contribution in [0, 0.1) is 5.82 Å². The molecule has 7 heteroatoms. The van der Waals surface area contributed by atoms with E-state index < -0.39 is 5.97 Å². The second-order valence-corrected chi connectivity index (χ2v) is 5.54. The number of aromatic nitrogens is 3. The predicted octanol–water partition coefficient (Wildman–Crippen LogP) is 2.95. The van der Waals surface area contributed by atoms with Crippen molar-refractivity contribution < 1.29 is 14.3 Å². The van der Waals surface area contributed by atoms with Crippen molar-refractivity contribution in [3.05, 3.63) is 54.0 Å². The van der Waals surface area contributed by atoms with Crippen LogP contribution >= 0.6 is 11.8 Å². The summed E-state index contributed by atoms with van der Waals surface area (Å²) in [6, 6.07) is 10.0. The molecule has 0 aliphatic carbocycles. The normalized spacial score (nSPS) is 11.0. The molecule has 2 heterocycles. The molecule has 2 aromatic heterocycles. The summed E-state index contributed by atoms with van der Waals surface area (Å²) < 4.78 is 15.2. The van der Waals surface area contributed by atoms with E-state index in [1.165, 1.54) is 22.4 Å². The van der Waals surface area contributed by atoms with Crippen LogP contribution in [0.15, 0.2) is 47.8 Å². The van der Waals surface area contributed by atoms with Crippen molar-refractivity contribution in [2.24, 2.45) is 0 Å². The molecular weight excluding hydrogens is 305 g/mol. The Morgan fingerprint density at radius 2 is 2.09 bits per heavy atom. The van der Waals surface area contributed by atoms with Crippen LogP contribution in [-0.2, 0) is 17.1 Å². The van der Waals surface area contributed by atoms with Gasteiger partial charge in [-0.2, -0.15) is 0 Å². The van der Waals surface area contributed by atoms with E-state index in [0.29, 0.717) is 27.6 Å². The van der Waals surface area contributed by atoms with Crippen LogP contribution in [0.5, 0.6) is 0 Å². The molecule has 0 radical (unpaired) electrons. The summed E-state index contributed by atoms with van der Waals surface area (Å²) in [5.74, 6) is -0.887. The first-order valence-electron chi connectivity index (χ1n) is 6.54. The van der Waals surface area contributed by atoms with E-state index >= 15 is 0 Å². The highest BCUT2D eigenvalue weighted by Crippen LogP contribution is 2.26. The number of aliphatic carboxylic acids is 1. The Kier molecular flexibility index (Phi) is 4.06. The van der Waals surface area contributed by atoms with Crippen molar-refractivity contribution in [2.75, 3.05) is 0 Å². The van der Waals surface area contributed by atoms with E-state index in [4.69, 9.17) is 5.11 Å².